The lowest BCUT2D eigenvalue weighted by Crippen LogP contribution is -2.46. The Morgan fingerprint density at radius 3 is 2.14 bits per heavy atom. The predicted molar refractivity (Wildman–Crippen MR) is 148 cm³/mol. The molecule has 2 rings (SSSR count). The van der Waals surface area contributed by atoms with Gasteiger partial charge in [-0.25, -0.2) is 4.39 Å². The normalized spacial score (nSPS) is 11.9. The van der Waals surface area contributed by atoms with Crippen molar-refractivity contribution in [3.05, 3.63) is 59.4 Å². The van der Waals surface area contributed by atoms with Gasteiger partial charge < -0.3 is 37.0 Å². The molecule has 9 N–H and O–H groups in total. The zero-order valence-corrected chi connectivity index (χ0v) is 22.6. The van der Waals surface area contributed by atoms with E-state index in [1.807, 2.05) is 0 Å². The van der Waals surface area contributed by atoms with Gasteiger partial charge in [0, 0.05) is 50.2 Å². The van der Waals surface area contributed by atoms with Crippen LogP contribution in [0.2, 0.25) is 0 Å². The summed E-state index contributed by atoms with van der Waals surface area (Å²) in [7, 11) is -2.08. The average molecular weight is 596 g/mol. The van der Waals surface area contributed by atoms with Crippen molar-refractivity contribution in [1.82, 2.24) is 10.2 Å². The van der Waals surface area contributed by atoms with Crippen LogP contribution in [-0.2, 0) is 27.0 Å². The molecule has 2 aromatic rings. The highest BCUT2D eigenvalue weighted by atomic mass is 19.4. The summed E-state index contributed by atoms with van der Waals surface area (Å²) in [4.78, 5) is 39.6. The maximum atomic E-state index is 14.2. The lowest BCUT2D eigenvalue weighted by atomic mass is 9.80. The van der Waals surface area contributed by atoms with Gasteiger partial charge in [-0.2, -0.15) is 13.2 Å². The van der Waals surface area contributed by atoms with E-state index >= 15 is 0 Å². The molecule has 0 aliphatic carbocycles. The van der Waals surface area contributed by atoms with Crippen molar-refractivity contribution in [2.24, 2.45) is 11.5 Å². The Morgan fingerprint density at radius 1 is 1.00 bits per heavy atom. The van der Waals surface area contributed by atoms with E-state index in [2.05, 4.69) is 10.6 Å². The highest BCUT2D eigenvalue weighted by molar-refractivity contribution is 6.58. The van der Waals surface area contributed by atoms with Crippen molar-refractivity contribution < 1.29 is 42.0 Å². The van der Waals surface area contributed by atoms with E-state index in [4.69, 9.17) is 16.9 Å². The Balaban J connectivity index is 2.14. The zero-order chi connectivity index (χ0) is 31.4. The molecule has 0 unspecified atom stereocenters. The number of benzene rings is 2. The number of nitrogens with zero attached hydrogens (tertiary/aromatic N) is 1. The van der Waals surface area contributed by atoms with Crippen molar-refractivity contribution in [3.8, 4) is 0 Å². The number of carbonyl (C=O) groups excluding carboxylic acids is 3. The minimum Gasteiger partial charge on any atom is -0.423 e. The van der Waals surface area contributed by atoms with Crippen LogP contribution in [0.25, 0.3) is 0 Å². The quantitative estimate of drug-likeness (QED) is 0.0862. The number of anilines is 1. The van der Waals surface area contributed by atoms with E-state index < -0.39 is 53.7 Å². The molecule has 228 valence electrons. The third kappa shape index (κ3) is 10.5. The third-order valence-electron chi connectivity index (χ3n) is 6.18. The molecule has 16 heteroatoms. The van der Waals surface area contributed by atoms with Gasteiger partial charge >= 0.3 is 13.3 Å². The summed E-state index contributed by atoms with van der Waals surface area (Å²) in [6, 6.07) is 5.99. The van der Waals surface area contributed by atoms with Crippen LogP contribution in [0.3, 0.4) is 0 Å². The van der Waals surface area contributed by atoms with Gasteiger partial charge in [-0.3, -0.25) is 19.8 Å². The molecule has 0 saturated heterocycles. The fourth-order valence-corrected chi connectivity index (χ4v) is 3.91. The van der Waals surface area contributed by atoms with Crippen molar-refractivity contribution in [2.45, 2.75) is 37.9 Å². The highest BCUT2D eigenvalue weighted by Crippen LogP contribution is 2.29. The van der Waals surface area contributed by atoms with E-state index in [0.29, 0.717) is 5.56 Å². The summed E-state index contributed by atoms with van der Waals surface area (Å²) >= 11 is 0. The minimum absolute atomic E-state index is 0.0550. The number of alkyl halides is 3. The molecule has 0 saturated carbocycles. The molecule has 0 aliphatic heterocycles. The van der Waals surface area contributed by atoms with E-state index in [0.717, 1.165) is 24.3 Å². The van der Waals surface area contributed by atoms with Crippen LogP contribution in [-0.4, -0.2) is 77.7 Å². The average Bonchev–Trinajstić information content (AvgIpc) is 2.93. The van der Waals surface area contributed by atoms with Gasteiger partial charge in [-0.05, 0) is 42.7 Å². The first-order chi connectivity index (χ1) is 19.8. The van der Waals surface area contributed by atoms with Gasteiger partial charge in [0.25, 0.3) is 5.91 Å². The number of halogens is 4. The molecule has 0 heterocycles. The van der Waals surface area contributed by atoms with Crippen molar-refractivity contribution >= 4 is 41.7 Å². The van der Waals surface area contributed by atoms with Gasteiger partial charge in [-0.15, -0.1) is 0 Å². The first-order valence-electron chi connectivity index (χ1n) is 13.0. The third-order valence-corrected chi connectivity index (χ3v) is 6.18. The van der Waals surface area contributed by atoms with Crippen LogP contribution in [0.5, 0.6) is 0 Å². The summed E-state index contributed by atoms with van der Waals surface area (Å²) < 4.78 is 52.8. The molecular formula is C26H33BF4N6O5. The zero-order valence-electron chi connectivity index (χ0n) is 22.6. The molecule has 0 aromatic heterocycles. The van der Waals surface area contributed by atoms with E-state index in [1.165, 1.54) is 23.1 Å². The molecule has 0 spiro atoms. The maximum Gasteiger partial charge on any atom is 0.491 e. The number of carbonyl (C=O) groups is 3. The fraction of sp³-hybridized carbons (Fsp3) is 0.385. The molecule has 11 nitrogen and oxygen atoms in total. The van der Waals surface area contributed by atoms with Gasteiger partial charge in [0.15, 0.2) is 0 Å². The van der Waals surface area contributed by atoms with Gasteiger partial charge in [-0.1, -0.05) is 18.2 Å². The Labute approximate surface area is 239 Å². The van der Waals surface area contributed by atoms with E-state index in [9.17, 15) is 42.0 Å². The van der Waals surface area contributed by atoms with Crippen LogP contribution in [0.1, 0.15) is 30.4 Å². The molecule has 0 radical (unpaired) electrons. The second-order valence-corrected chi connectivity index (χ2v) is 9.30. The molecule has 0 aliphatic rings. The number of nitrogens with two attached hydrogens (primary N) is 2. The molecular weight excluding hydrogens is 563 g/mol. The topological polar surface area (TPSA) is 195 Å². The Hall–Kier alpha value is -3.86. The summed E-state index contributed by atoms with van der Waals surface area (Å²) in [6.45, 7) is 0.903. The highest BCUT2D eigenvalue weighted by Gasteiger charge is 2.30. The predicted octanol–water partition coefficient (Wildman–Crippen LogP) is 0.126. The fourth-order valence-electron chi connectivity index (χ4n) is 3.91. The second kappa shape index (κ2) is 16.0. The monoisotopic (exact) mass is 596 g/mol. The standard InChI is InChI=1S/C26H33BF4N6O5/c28-20-15-18(6-7-19(20)27(41)42)35-25(40)22(9-3-16-1-4-17(5-2-16)26(29,30)31)36-24(39)21(34)8-10-23(38)37(13-11-32)14-12-33/h1-2,4-7,15,22,34,41-42H,3,8-14,32-33H2,(H,35,40)(H,36,39)/t22-/m1/s1. The number of amides is 3. The Kier molecular flexibility index (Phi) is 13.1. The van der Waals surface area contributed by atoms with Gasteiger partial charge in [0.05, 0.1) is 11.3 Å². The Morgan fingerprint density at radius 2 is 1.62 bits per heavy atom. The smallest absolute Gasteiger partial charge is 0.423 e. The Bertz CT molecular complexity index is 1240. The van der Waals surface area contributed by atoms with Crippen LogP contribution in [0.15, 0.2) is 42.5 Å². The largest absolute Gasteiger partial charge is 0.491 e. The van der Waals surface area contributed by atoms with Crippen molar-refractivity contribution in [2.75, 3.05) is 31.5 Å². The summed E-state index contributed by atoms with van der Waals surface area (Å²) in [6.07, 6.45) is -5.01. The number of rotatable bonds is 15. The summed E-state index contributed by atoms with van der Waals surface area (Å²) in [5, 5.41) is 31.2. The number of hydrogen-bond donors (Lipinski definition) is 7. The van der Waals surface area contributed by atoms with Gasteiger partial charge in [0.2, 0.25) is 11.8 Å². The van der Waals surface area contributed by atoms with Crippen molar-refractivity contribution in [1.29, 1.82) is 5.41 Å². The molecule has 42 heavy (non-hydrogen) atoms. The molecule has 2 aromatic carbocycles. The van der Waals surface area contributed by atoms with Crippen LogP contribution >= 0.6 is 0 Å². The molecule has 3 amide bonds. The summed E-state index contributed by atoms with van der Waals surface area (Å²) in [5.74, 6) is -3.16. The molecule has 1 atom stereocenters. The summed E-state index contributed by atoms with van der Waals surface area (Å²) in [5.41, 5.74) is 9.57. The van der Waals surface area contributed by atoms with Crippen molar-refractivity contribution in [3.63, 3.8) is 0 Å². The minimum atomic E-state index is -4.53. The molecule has 0 fully saturated rings. The lowest BCUT2D eigenvalue weighted by molar-refractivity contribution is -0.137. The maximum absolute atomic E-state index is 14.2. The van der Waals surface area contributed by atoms with Crippen LogP contribution in [0.4, 0.5) is 23.2 Å². The molecule has 0 bridgehead atoms. The lowest BCUT2D eigenvalue weighted by Gasteiger charge is -2.22. The SMILES string of the molecule is N=C(CCC(=O)N(CCN)CCN)C(=O)N[C@H](CCc1ccc(C(F)(F)F)cc1)C(=O)Nc1ccc(B(O)O)c(F)c1. The van der Waals surface area contributed by atoms with E-state index in [-0.39, 0.29) is 63.5 Å². The second-order valence-electron chi connectivity index (χ2n) is 9.30. The number of nitrogens with one attached hydrogen (secondary N) is 3. The van der Waals surface area contributed by atoms with Crippen LogP contribution in [0, 0.1) is 11.2 Å². The van der Waals surface area contributed by atoms with Gasteiger partial charge in [0.1, 0.15) is 11.9 Å². The van der Waals surface area contributed by atoms with E-state index in [1.54, 1.807) is 0 Å². The number of hydrogen-bond acceptors (Lipinski definition) is 8. The first kappa shape index (κ1) is 34.3. The van der Waals surface area contributed by atoms with Crippen LogP contribution < -0.4 is 27.6 Å². The number of aryl methyl sites for hydroxylation is 1. The first-order valence-corrected chi connectivity index (χ1v) is 13.0.